The van der Waals surface area contributed by atoms with E-state index in [4.69, 9.17) is 16.3 Å². The Morgan fingerprint density at radius 1 is 1.21 bits per heavy atom. The van der Waals surface area contributed by atoms with E-state index >= 15 is 0 Å². The van der Waals surface area contributed by atoms with Crippen LogP contribution in [-0.4, -0.2) is 30.5 Å². The molecule has 3 rings (SSSR count). The molecule has 2 aromatic carbocycles. The normalized spacial score (nSPS) is 15.3. The fourth-order valence-corrected chi connectivity index (χ4v) is 4.20. The van der Waals surface area contributed by atoms with Crippen LogP contribution < -0.4 is 10.1 Å². The van der Waals surface area contributed by atoms with Crippen molar-refractivity contribution in [3.8, 4) is 5.75 Å². The van der Waals surface area contributed by atoms with Crippen LogP contribution in [0, 0.1) is 5.92 Å². The topological polar surface area (TPSA) is 41.6 Å². The van der Waals surface area contributed by atoms with Gasteiger partial charge in [0.2, 0.25) is 5.91 Å². The van der Waals surface area contributed by atoms with Gasteiger partial charge in [0.1, 0.15) is 5.75 Å². The van der Waals surface area contributed by atoms with Crippen LogP contribution in [0.15, 0.2) is 46.9 Å². The quantitative estimate of drug-likeness (QED) is 0.463. The molecule has 1 aliphatic heterocycles. The van der Waals surface area contributed by atoms with Crippen LogP contribution in [-0.2, 0) is 11.3 Å². The zero-order valence-electron chi connectivity index (χ0n) is 16.8. The molecule has 4 nitrogen and oxygen atoms in total. The molecule has 0 atom stereocenters. The molecule has 0 bridgehead atoms. The first-order chi connectivity index (χ1) is 14.0. The zero-order chi connectivity index (χ0) is 20.6. The number of carbonyl (C=O) groups excluding carboxylic acids is 1. The lowest BCUT2D eigenvalue weighted by atomic mass is 9.99. The summed E-state index contributed by atoms with van der Waals surface area (Å²) in [6, 6.07) is 13.6. The molecule has 0 aromatic heterocycles. The van der Waals surface area contributed by atoms with Gasteiger partial charge in [-0.25, -0.2) is 0 Å². The number of rotatable bonds is 8. The van der Waals surface area contributed by atoms with Gasteiger partial charge in [-0.2, -0.15) is 0 Å². The largest absolute Gasteiger partial charge is 0.492 e. The SMILES string of the molecule is CC1CCN(Cc2ccc(NC(=O)CCCOc3ccc(Cl)cc3Br)cc2)CC1. The molecule has 1 fully saturated rings. The van der Waals surface area contributed by atoms with Crippen LogP contribution in [0.5, 0.6) is 5.75 Å². The van der Waals surface area contributed by atoms with Crippen molar-refractivity contribution in [1.29, 1.82) is 0 Å². The summed E-state index contributed by atoms with van der Waals surface area (Å²) in [5.74, 6) is 1.58. The Morgan fingerprint density at radius 3 is 2.62 bits per heavy atom. The number of hydrogen-bond donors (Lipinski definition) is 1. The Balaban J connectivity index is 1.36. The highest BCUT2D eigenvalue weighted by Crippen LogP contribution is 2.28. The molecule has 0 unspecified atom stereocenters. The van der Waals surface area contributed by atoms with Gasteiger partial charge >= 0.3 is 0 Å². The molecule has 0 saturated carbocycles. The number of benzene rings is 2. The van der Waals surface area contributed by atoms with Crippen LogP contribution in [0.1, 0.15) is 38.2 Å². The maximum Gasteiger partial charge on any atom is 0.224 e. The molecule has 1 heterocycles. The van der Waals surface area contributed by atoms with Crippen molar-refractivity contribution in [3.63, 3.8) is 0 Å². The van der Waals surface area contributed by atoms with E-state index in [1.54, 1.807) is 12.1 Å². The Bertz CT molecular complexity index is 805. The van der Waals surface area contributed by atoms with Gasteiger partial charge in [0.15, 0.2) is 0 Å². The van der Waals surface area contributed by atoms with Gasteiger partial charge in [0.05, 0.1) is 11.1 Å². The maximum absolute atomic E-state index is 12.2. The Kier molecular flexibility index (Phi) is 8.40. The van der Waals surface area contributed by atoms with E-state index in [2.05, 4.69) is 45.2 Å². The predicted molar refractivity (Wildman–Crippen MR) is 123 cm³/mol. The molecular weight excluding hydrogens is 452 g/mol. The van der Waals surface area contributed by atoms with Crippen LogP contribution in [0.4, 0.5) is 5.69 Å². The average molecular weight is 480 g/mol. The van der Waals surface area contributed by atoms with Gasteiger partial charge in [0, 0.05) is 23.7 Å². The standard InChI is InChI=1S/C23H28BrClN2O2/c1-17-10-12-27(13-11-17)16-18-4-7-20(8-5-18)26-23(28)3-2-14-29-22-9-6-19(25)15-21(22)24/h4-9,15,17H,2-3,10-14,16H2,1H3,(H,26,28). The fraction of sp³-hybridized carbons (Fsp3) is 0.435. The van der Waals surface area contributed by atoms with Gasteiger partial charge in [0.25, 0.3) is 0 Å². The third-order valence-corrected chi connectivity index (χ3v) is 6.07. The number of amides is 1. The number of anilines is 1. The first-order valence-electron chi connectivity index (χ1n) is 10.2. The van der Waals surface area contributed by atoms with Crippen molar-refractivity contribution in [2.24, 2.45) is 5.92 Å². The van der Waals surface area contributed by atoms with Crippen molar-refractivity contribution in [3.05, 3.63) is 57.5 Å². The highest BCUT2D eigenvalue weighted by molar-refractivity contribution is 9.10. The molecule has 29 heavy (non-hydrogen) atoms. The average Bonchev–Trinajstić information content (AvgIpc) is 2.70. The second-order valence-corrected chi connectivity index (χ2v) is 9.02. The fourth-order valence-electron chi connectivity index (χ4n) is 3.40. The van der Waals surface area contributed by atoms with E-state index < -0.39 is 0 Å². The van der Waals surface area contributed by atoms with Crippen molar-refractivity contribution < 1.29 is 9.53 Å². The van der Waals surface area contributed by atoms with E-state index in [9.17, 15) is 4.79 Å². The molecule has 1 N–H and O–H groups in total. The predicted octanol–water partition coefficient (Wildman–Crippen LogP) is 6.13. The van der Waals surface area contributed by atoms with Gasteiger partial charge in [-0.15, -0.1) is 0 Å². The molecule has 0 aliphatic carbocycles. The second-order valence-electron chi connectivity index (χ2n) is 7.73. The first kappa shape index (κ1) is 22.1. The summed E-state index contributed by atoms with van der Waals surface area (Å²) in [4.78, 5) is 14.7. The Labute approximate surface area is 186 Å². The number of likely N-dealkylation sites (tertiary alicyclic amines) is 1. The molecule has 1 saturated heterocycles. The number of halogens is 2. The van der Waals surface area contributed by atoms with Crippen LogP contribution >= 0.6 is 27.5 Å². The Morgan fingerprint density at radius 2 is 1.93 bits per heavy atom. The monoisotopic (exact) mass is 478 g/mol. The molecule has 2 aromatic rings. The molecule has 0 spiro atoms. The molecule has 156 valence electrons. The third-order valence-electron chi connectivity index (χ3n) is 5.22. The summed E-state index contributed by atoms with van der Waals surface area (Å²) in [7, 11) is 0. The van der Waals surface area contributed by atoms with Crippen molar-refractivity contribution in [1.82, 2.24) is 4.90 Å². The number of piperidine rings is 1. The van der Waals surface area contributed by atoms with Crippen LogP contribution in [0.2, 0.25) is 5.02 Å². The molecular formula is C23H28BrClN2O2. The summed E-state index contributed by atoms with van der Waals surface area (Å²) in [5.41, 5.74) is 2.13. The molecule has 1 amide bonds. The van der Waals surface area contributed by atoms with Crippen molar-refractivity contribution in [2.45, 2.75) is 39.2 Å². The number of nitrogens with zero attached hydrogens (tertiary/aromatic N) is 1. The van der Waals surface area contributed by atoms with E-state index in [1.165, 1.54) is 31.5 Å². The smallest absolute Gasteiger partial charge is 0.224 e. The first-order valence-corrected chi connectivity index (χ1v) is 11.4. The van der Waals surface area contributed by atoms with E-state index in [1.807, 2.05) is 18.2 Å². The number of carbonyl (C=O) groups is 1. The van der Waals surface area contributed by atoms with Crippen LogP contribution in [0.25, 0.3) is 0 Å². The van der Waals surface area contributed by atoms with Gasteiger partial charge in [-0.1, -0.05) is 30.7 Å². The van der Waals surface area contributed by atoms with E-state index in [0.717, 1.165) is 28.4 Å². The molecule has 1 aliphatic rings. The van der Waals surface area contributed by atoms with Gasteiger partial charge < -0.3 is 10.1 Å². The van der Waals surface area contributed by atoms with Gasteiger partial charge in [-0.3, -0.25) is 9.69 Å². The summed E-state index contributed by atoms with van der Waals surface area (Å²) >= 11 is 9.34. The van der Waals surface area contributed by atoms with Crippen molar-refractivity contribution in [2.75, 3.05) is 25.0 Å². The minimum Gasteiger partial charge on any atom is -0.492 e. The highest BCUT2D eigenvalue weighted by atomic mass is 79.9. The second kappa shape index (κ2) is 11.0. The van der Waals surface area contributed by atoms with Crippen LogP contribution in [0.3, 0.4) is 0 Å². The summed E-state index contributed by atoms with van der Waals surface area (Å²) < 4.78 is 6.51. The van der Waals surface area contributed by atoms with Gasteiger partial charge in [-0.05, 0) is 90.1 Å². The number of ether oxygens (including phenoxy) is 1. The minimum atomic E-state index is 0.00143. The van der Waals surface area contributed by atoms with E-state index in [-0.39, 0.29) is 5.91 Å². The zero-order valence-corrected chi connectivity index (χ0v) is 19.1. The molecule has 0 radical (unpaired) electrons. The van der Waals surface area contributed by atoms with Crippen molar-refractivity contribution >= 4 is 39.1 Å². The maximum atomic E-state index is 12.2. The number of nitrogens with one attached hydrogen (secondary N) is 1. The summed E-state index contributed by atoms with van der Waals surface area (Å²) in [5, 5.41) is 3.61. The molecule has 6 heteroatoms. The lowest BCUT2D eigenvalue weighted by Gasteiger charge is -2.30. The Hall–Kier alpha value is -1.56. The lowest BCUT2D eigenvalue weighted by Crippen LogP contribution is -2.32. The van der Waals surface area contributed by atoms with E-state index in [0.29, 0.717) is 24.5 Å². The number of hydrogen-bond acceptors (Lipinski definition) is 3. The third kappa shape index (κ3) is 7.32. The lowest BCUT2D eigenvalue weighted by molar-refractivity contribution is -0.116. The highest BCUT2D eigenvalue weighted by Gasteiger charge is 2.15. The summed E-state index contributed by atoms with van der Waals surface area (Å²) in [6.45, 7) is 6.14. The minimum absolute atomic E-state index is 0.00143. The summed E-state index contributed by atoms with van der Waals surface area (Å²) in [6.07, 6.45) is 3.63.